The van der Waals surface area contributed by atoms with Crippen LogP contribution in [-0.2, 0) is 75.0 Å². The minimum absolute atomic E-state index is 0.00888. The smallest absolute Gasteiger partial charge is 0.325 e. The molecule has 0 spiro atoms. The van der Waals surface area contributed by atoms with Crippen molar-refractivity contribution >= 4 is 67.6 Å². The van der Waals surface area contributed by atoms with Gasteiger partial charge in [0.2, 0.25) is 0 Å². The van der Waals surface area contributed by atoms with Gasteiger partial charge < -0.3 is 42.4 Å². The summed E-state index contributed by atoms with van der Waals surface area (Å²) in [6.45, 7) is 0.411. The molecule has 0 amide bonds. The molecule has 1 aliphatic carbocycles. The van der Waals surface area contributed by atoms with E-state index in [1.54, 1.807) is 4.57 Å². The Kier molecular flexibility index (Phi) is 11.3. The van der Waals surface area contributed by atoms with Crippen molar-refractivity contribution in [1.29, 1.82) is 0 Å². The van der Waals surface area contributed by atoms with Gasteiger partial charge in [0.25, 0.3) is 5.56 Å². The molecule has 3 aliphatic heterocycles. The molecule has 10 atom stereocenters. The number of fused-ring (bicyclic) bond motifs is 4. The third-order valence-electron chi connectivity index (χ3n) is 11.4. The number of hydrogen-bond acceptors (Lipinski definition) is 15. The Balaban J connectivity index is 1.15. The topological polar surface area (TPSA) is 209 Å². The lowest BCUT2D eigenvalue weighted by molar-refractivity contribution is -0.0601. The van der Waals surface area contributed by atoms with Crippen LogP contribution in [0.5, 0.6) is 0 Å². The summed E-state index contributed by atoms with van der Waals surface area (Å²) in [6, 6.07) is 0. The van der Waals surface area contributed by atoms with E-state index in [0.717, 1.165) is 42.3 Å². The van der Waals surface area contributed by atoms with Gasteiger partial charge in [-0.2, -0.15) is 0 Å². The van der Waals surface area contributed by atoms with Gasteiger partial charge in [-0.1, -0.05) is 20.8 Å². The number of alkyl halides is 1. The standard InChI is InChI=1S/C33H46FN7O11P2S2Si/c1-33(2,3)57(4,5)52-26-21-14-47-53(44,55)50-25-20(48-31(23(25)34)40-12-18-8-6-7-9-19-22(18)28(40)36-15-35-19)13-46-54(45,56)51-27(26)32(49-21)41-17-37-24-29(41)38-16-39(10-11-42)30(24)43/h12,15-17,20-21,23,25-27,31-32,42H,6-11,13-14H2,1-5H3,(H,44,55)(H,45,56)/t20-,21-,23+,25-,26-,27-,31-,32-,53?,54?/m1/s1. The molecule has 18 nitrogen and oxygen atoms in total. The first-order valence-corrected chi connectivity index (χ1v) is 26.8. The lowest BCUT2D eigenvalue weighted by atomic mass is 10.1. The second kappa shape index (κ2) is 15.5. The second-order valence-electron chi connectivity index (χ2n) is 16.2. The SMILES string of the molecule is CC(C)(C)[Si](C)(C)O[C@H]1[C@H]2OP(O)(=S)OC[C@H]3O[C@@H](n4cc5c6c(ncnc64)CCCC5)[C@@H](F)[C@@H]3OP(O)(=S)OC[C@H]1O[C@H]2n1cnc2c(=O)n(CCO)cnc21. The van der Waals surface area contributed by atoms with Gasteiger partial charge in [-0.15, -0.1) is 0 Å². The Bertz CT molecular complexity index is 2330. The number of imidazole rings is 1. The van der Waals surface area contributed by atoms with E-state index in [1.807, 2.05) is 40.1 Å². The highest BCUT2D eigenvalue weighted by Gasteiger charge is 2.56. The average molecular weight is 890 g/mol. The van der Waals surface area contributed by atoms with Crippen molar-refractivity contribution in [3.05, 3.63) is 46.8 Å². The van der Waals surface area contributed by atoms with E-state index in [2.05, 4.69) is 19.9 Å². The largest absolute Gasteiger partial charge is 0.408 e. The van der Waals surface area contributed by atoms with Gasteiger partial charge in [0, 0.05) is 11.6 Å². The Morgan fingerprint density at radius 2 is 1.61 bits per heavy atom. The maximum atomic E-state index is 16.8. The third-order valence-corrected chi connectivity index (χ3v) is 19.0. The Morgan fingerprint density at radius 3 is 2.33 bits per heavy atom. The summed E-state index contributed by atoms with van der Waals surface area (Å²) in [6.07, 6.45) is -1.11. The van der Waals surface area contributed by atoms with E-state index < -0.39 is 89.7 Å². The van der Waals surface area contributed by atoms with E-state index in [0.29, 0.717) is 5.65 Å². The van der Waals surface area contributed by atoms with Crippen LogP contribution in [0.3, 0.4) is 0 Å². The van der Waals surface area contributed by atoms with Crippen molar-refractivity contribution in [1.82, 2.24) is 33.6 Å². The molecule has 3 saturated heterocycles. The van der Waals surface area contributed by atoms with Crippen LogP contribution >= 0.6 is 13.4 Å². The zero-order chi connectivity index (χ0) is 40.7. The van der Waals surface area contributed by atoms with Crippen molar-refractivity contribution < 1.29 is 51.3 Å². The molecule has 57 heavy (non-hydrogen) atoms. The average Bonchev–Trinajstić information content (AvgIpc) is 3.85. The maximum absolute atomic E-state index is 16.8. The quantitative estimate of drug-likeness (QED) is 0.186. The number of aromatic nitrogens is 7. The number of aryl methyl sites for hydroxylation is 2. The number of hydrogen-bond donors (Lipinski definition) is 3. The minimum Gasteiger partial charge on any atom is -0.408 e. The number of aliphatic hydroxyl groups excluding tert-OH is 1. The lowest BCUT2D eigenvalue weighted by Gasteiger charge is -2.40. The van der Waals surface area contributed by atoms with Gasteiger partial charge in [0.05, 0.1) is 38.4 Å². The molecule has 2 unspecified atom stereocenters. The molecule has 0 radical (unpaired) electrons. The van der Waals surface area contributed by atoms with E-state index in [9.17, 15) is 19.7 Å². The molecule has 8 rings (SSSR count). The summed E-state index contributed by atoms with van der Waals surface area (Å²) in [5.74, 6) is 0. The van der Waals surface area contributed by atoms with Gasteiger partial charge in [-0.05, 0) is 73.0 Å². The number of aliphatic hydroxyl groups is 1. The van der Waals surface area contributed by atoms with Crippen molar-refractivity contribution in [2.45, 2.75) is 120 Å². The zero-order valence-corrected chi connectivity index (χ0v) is 36.3. The van der Waals surface area contributed by atoms with Crippen molar-refractivity contribution in [3.8, 4) is 0 Å². The van der Waals surface area contributed by atoms with E-state index in [1.165, 1.54) is 28.1 Å². The number of rotatable bonds is 6. The highest BCUT2D eigenvalue weighted by atomic mass is 32.5. The van der Waals surface area contributed by atoms with Crippen molar-refractivity contribution in [3.63, 3.8) is 0 Å². The minimum atomic E-state index is -4.27. The fourth-order valence-electron chi connectivity index (χ4n) is 7.53. The molecule has 3 N–H and O–H groups in total. The van der Waals surface area contributed by atoms with Gasteiger partial charge in [0.1, 0.15) is 48.8 Å². The second-order valence-corrected chi connectivity index (χ2v) is 26.5. The van der Waals surface area contributed by atoms with Crippen LogP contribution in [-0.4, -0.2) is 113 Å². The molecule has 0 aromatic carbocycles. The van der Waals surface area contributed by atoms with Gasteiger partial charge in [0.15, 0.2) is 38.1 Å². The summed E-state index contributed by atoms with van der Waals surface area (Å²) < 4.78 is 64.8. The number of ether oxygens (including phenoxy) is 2. The number of halogens is 1. The number of nitrogens with zero attached hydrogens (tertiary/aromatic N) is 7. The van der Waals surface area contributed by atoms with Gasteiger partial charge >= 0.3 is 13.4 Å². The van der Waals surface area contributed by atoms with Crippen molar-refractivity contribution in [2.24, 2.45) is 0 Å². The summed E-state index contributed by atoms with van der Waals surface area (Å²) in [5, 5.41) is 9.98. The third kappa shape index (κ3) is 7.90. The zero-order valence-electron chi connectivity index (χ0n) is 31.9. The van der Waals surface area contributed by atoms with E-state index in [4.69, 9.17) is 55.6 Å². The lowest BCUT2D eigenvalue weighted by Crippen LogP contribution is -2.50. The monoisotopic (exact) mass is 889 g/mol. The van der Waals surface area contributed by atoms with Crippen LogP contribution in [0.1, 0.15) is 57.3 Å². The summed E-state index contributed by atoms with van der Waals surface area (Å²) >= 11 is 11.1. The molecule has 4 aliphatic rings. The Labute approximate surface area is 338 Å². The predicted molar refractivity (Wildman–Crippen MR) is 212 cm³/mol. The molecular formula is C33H46FN7O11P2S2Si. The molecule has 4 aromatic heterocycles. The fraction of sp³-hybridized carbons (Fsp3) is 0.667. The molecule has 24 heteroatoms. The van der Waals surface area contributed by atoms with Crippen LogP contribution in [0.4, 0.5) is 4.39 Å². The van der Waals surface area contributed by atoms with Crippen LogP contribution < -0.4 is 5.56 Å². The summed E-state index contributed by atoms with van der Waals surface area (Å²) in [7, 11) is -2.67. The molecule has 3 fully saturated rings. The van der Waals surface area contributed by atoms with E-state index in [-0.39, 0.29) is 29.4 Å². The van der Waals surface area contributed by atoms with Crippen molar-refractivity contribution in [2.75, 3.05) is 19.8 Å². The van der Waals surface area contributed by atoms with Crippen LogP contribution in [0.2, 0.25) is 18.1 Å². The van der Waals surface area contributed by atoms with Gasteiger partial charge in [-0.3, -0.25) is 23.0 Å². The maximum Gasteiger partial charge on any atom is 0.325 e. The highest BCUT2D eigenvalue weighted by molar-refractivity contribution is 8.07. The molecule has 2 bridgehead atoms. The Hall–Kier alpha value is -1.98. The van der Waals surface area contributed by atoms with Crippen LogP contribution in [0.25, 0.3) is 22.2 Å². The molecule has 0 saturated carbocycles. The normalized spacial score (nSPS) is 34.1. The summed E-state index contributed by atoms with van der Waals surface area (Å²) in [4.78, 5) is 54.2. The fourth-order valence-corrected chi connectivity index (χ4v) is 11.7. The predicted octanol–water partition coefficient (Wildman–Crippen LogP) is 3.68. The molecule has 312 valence electrons. The Morgan fingerprint density at radius 1 is 0.930 bits per heavy atom. The van der Waals surface area contributed by atoms with Crippen LogP contribution in [0.15, 0.2) is 30.0 Å². The van der Waals surface area contributed by atoms with Crippen LogP contribution in [0, 0.1) is 0 Å². The first-order chi connectivity index (χ1) is 26.9. The first kappa shape index (κ1) is 41.7. The molecular weight excluding hydrogens is 844 g/mol. The first-order valence-electron chi connectivity index (χ1n) is 18.7. The summed E-state index contributed by atoms with van der Waals surface area (Å²) in [5.41, 5.74) is 1.96. The molecule has 4 aromatic rings. The van der Waals surface area contributed by atoms with Gasteiger partial charge in [-0.25, -0.2) is 24.3 Å². The van der Waals surface area contributed by atoms with E-state index >= 15 is 4.39 Å². The molecule has 7 heterocycles. The highest BCUT2D eigenvalue weighted by Crippen LogP contribution is 2.55.